The van der Waals surface area contributed by atoms with Gasteiger partial charge in [-0.25, -0.2) is 8.78 Å². The second kappa shape index (κ2) is 5.22. The van der Waals surface area contributed by atoms with E-state index >= 15 is 0 Å². The fraction of sp³-hybridized carbons (Fsp3) is 0.222. The molecule has 1 unspecified atom stereocenters. The van der Waals surface area contributed by atoms with Gasteiger partial charge in [-0.2, -0.15) is 0 Å². The summed E-state index contributed by atoms with van der Waals surface area (Å²) in [5.41, 5.74) is 4.30. The molecule has 0 saturated carbocycles. The summed E-state index contributed by atoms with van der Waals surface area (Å²) in [7, 11) is -2.00. The van der Waals surface area contributed by atoms with Crippen LogP contribution in [0.15, 0.2) is 12.1 Å². The lowest BCUT2D eigenvalue weighted by Crippen LogP contribution is -2.34. The second-order valence-corrected chi connectivity index (χ2v) is 3.49. The third kappa shape index (κ3) is 3.22. The summed E-state index contributed by atoms with van der Waals surface area (Å²) in [4.78, 5) is 10.5. The van der Waals surface area contributed by atoms with Crippen molar-refractivity contribution < 1.29 is 28.7 Å². The Morgan fingerprint density at radius 1 is 1.35 bits per heavy atom. The zero-order chi connectivity index (χ0) is 13.2. The molecule has 0 aliphatic rings. The first-order valence-electron chi connectivity index (χ1n) is 4.65. The predicted octanol–water partition coefficient (Wildman–Crippen LogP) is -1.40. The van der Waals surface area contributed by atoms with Crippen LogP contribution in [0.3, 0.4) is 0 Å². The molecule has 0 aliphatic heterocycles. The van der Waals surface area contributed by atoms with E-state index < -0.39 is 42.7 Å². The van der Waals surface area contributed by atoms with E-state index in [1.807, 2.05) is 0 Å². The van der Waals surface area contributed by atoms with Crippen LogP contribution in [0.25, 0.3) is 0 Å². The number of carbonyl (C=O) groups is 1. The number of aliphatic carboxylic acids is 1. The van der Waals surface area contributed by atoms with Crippen molar-refractivity contribution in [1.82, 2.24) is 0 Å². The quantitative estimate of drug-likeness (QED) is 0.488. The molecule has 0 aromatic heterocycles. The third-order valence-electron chi connectivity index (χ3n) is 2.20. The summed E-state index contributed by atoms with van der Waals surface area (Å²) >= 11 is 0. The molecule has 1 aromatic rings. The Morgan fingerprint density at radius 3 is 2.18 bits per heavy atom. The van der Waals surface area contributed by atoms with Crippen LogP contribution in [0.4, 0.5) is 8.78 Å². The van der Waals surface area contributed by atoms with Gasteiger partial charge in [0.05, 0.1) is 0 Å². The minimum absolute atomic E-state index is 0.354. The highest BCUT2D eigenvalue weighted by Gasteiger charge is 2.21. The second-order valence-electron chi connectivity index (χ2n) is 3.49. The molecule has 5 nitrogen and oxygen atoms in total. The molecule has 8 heteroatoms. The van der Waals surface area contributed by atoms with E-state index in [2.05, 4.69) is 0 Å². The maximum atomic E-state index is 13.4. The first-order valence-corrected chi connectivity index (χ1v) is 4.65. The highest BCUT2D eigenvalue weighted by molar-refractivity contribution is 6.58. The molecule has 0 saturated heterocycles. The van der Waals surface area contributed by atoms with Crippen LogP contribution in [0.1, 0.15) is 5.56 Å². The van der Waals surface area contributed by atoms with Gasteiger partial charge in [0.15, 0.2) is 0 Å². The van der Waals surface area contributed by atoms with E-state index in [0.29, 0.717) is 0 Å². The van der Waals surface area contributed by atoms with Crippen molar-refractivity contribution in [2.24, 2.45) is 5.73 Å². The van der Waals surface area contributed by atoms with Crippen LogP contribution >= 0.6 is 0 Å². The Balaban J connectivity index is 3.06. The van der Waals surface area contributed by atoms with Crippen molar-refractivity contribution >= 4 is 18.6 Å². The topological polar surface area (TPSA) is 104 Å². The number of halogens is 2. The number of nitrogens with two attached hydrogens (primary N) is 1. The molecule has 1 rings (SSSR count). The molecule has 92 valence electrons. The zero-order valence-corrected chi connectivity index (χ0v) is 8.60. The Kier molecular flexibility index (Phi) is 4.16. The van der Waals surface area contributed by atoms with Crippen LogP contribution in [0, 0.1) is 11.6 Å². The normalized spacial score (nSPS) is 12.3. The lowest BCUT2D eigenvalue weighted by molar-refractivity contribution is -0.138. The third-order valence-corrected chi connectivity index (χ3v) is 2.20. The molecular weight excluding hydrogens is 235 g/mol. The molecule has 0 spiro atoms. The van der Waals surface area contributed by atoms with Crippen molar-refractivity contribution in [1.29, 1.82) is 0 Å². The number of carboxylic acids is 1. The van der Waals surface area contributed by atoms with Gasteiger partial charge in [0.1, 0.15) is 17.7 Å². The van der Waals surface area contributed by atoms with Crippen LogP contribution < -0.4 is 11.2 Å². The maximum Gasteiger partial charge on any atom is 0.488 e. The zero-order valence-electron chi connectivity index (χ0n) is 8.60. The maximum absolute atomic E-state index is 13.4. The molecule has 0 radical (unpaired) electrons. The standard InChI is InChI=1S/C9H10BF2NO4/c11-6-1-4(10(16)17)2-7(12)5(6)3-8(13)9(14)15/h1-2,8,16-17H,3,13H2,(H,14,15). The molecule has 0 amide bonds. The van der Waals surface area contributed by atoms with Gasteiger partial charge < -0.3 is 20.9 Å². The van der Waals surface area contributed by atoms with E-state index in [1.165, 1.54) is 0 Å². The van der Waals surface area contributed by atoms with Crippen LogP contribution in [0.2, 0.25) is 0 Å². The van der Waals surface area contributed by atoms with Gasteiger partial charge in [0, 0.05) is 12.0 Å². The van der Waals surface area contributed by atoms with E-state index in [1.54, 1.807) is 0 Å². The Hall–Kier alpha value is -1.51. The molecular formula is C9H10BF2NO4. The minimum atomic E-state index is -2.00. The van der Waals surface area contributed by atoms with Crippen LogP contribution in [-0.4, -0.2) is 34.3 Å². The van der Waals surface area contributed by atoms with Gasteiger partial charge in [0.2, 0.25) is 0 Å². The molecule has 0 aliphatic carbocycles. The smallest absolute Gasteiger partial charge is 0.480 e. The first kappa shape index (κ1) is 13.6. The van der Waals surface area contributed by atoms with Crippen molar-refractivity contribution in [3.05, 3.63) is 29.3 Å². The Labute approximate surface area is 95.6 Å². The van der Waals surface area contributed by atoms with E-state index in [9.17, 15) is 13.6 Å². The fourth-order valence-corrected chi connectivity index (χ4v) is 1.27. The van der Waals surface area contributed by atoms with Gasteiger partial charge >= 0.3 is 13.1 Å². The molecule has 0 fully saturated rings. The first-order chi connectivity index (χ1) is 7.82. The monoisotopic (exact) mass is 245 g/mol. The van der Waals surface area contributed by atoms with Crippen LogP contribution in [0.5, 0.6) is 0 Å². The van der Waals surface area contributed by atoms with E-state index in [-0.39, 0.29) is 5.46 Å². The fourth-order valence-electron chi connectivity index (χ4n) is 1.27. The summed E-state index contributed by atoms with van der Waals surface area (Å²) < 4.78 is 26.8. The number of carboxylic acid groups (broad SMARTS) is 1. The van der Waals surface area contributed by atoms with Crippen molar-refractivity contribution in [2.75, 3.05) is 0 Å². The minimum Gasteiger partial charge on any atom is -0.480 e. The lowest BCUT2D eigenvalue weighted by Gasteiger charge is -2.10. The SMILES string of the molecule is NC(Cc1c(F)cc(B(O)O)cc1F)C(=O)O. The van der Waals surface area contributed by atoms with Crippen LogP contribution in [-0.2, 0) is 11.2 Å². The van der Waals surface area contributed by atoms with Gasteiger partial charge in [-0.15, -0.1) is 0 Å². The van der Waals surface area contributed by atoms with Crippen molar-refractivity contribution in [2.45, 2.75) is 12.5 Å². The highest BCUT2D eigenvalue weighted by atomic mass is 19.1. The molecule has 1 aromatic carbocycles. The van der Waals surface area contributed by atoms with E-state index in [4.69, 9.17) is 20.9 Å². The van der Waals surface area contributed by atoms with Gasteiger partial charge in [0.25, 0.3) is 0 Å². The largest absolute Gasteiger partial charge is 0.488 e. The summed E-state index contributed by atoms with van der Waals surface area (Å²) in [5.74, 6) is -3.51. The molecule has 17 heavy (non-hydrogen) atoms. The predicted molar refractivity (Wildman–Crippen MR) is 55.5 cm³/mol. The average molecular weight is 245 g/mol. The lowest BCUT2D eigenvalue weighted by atomic mass is 9.79. The number of hydrogen-bond donors (Lipinski definition) is 4. The van der Waals surface area contributed by atoms with E-state index in [0.717, 1.165) is 12.1 Å². The molecule has 0 heterocycles. The Bertz CT molecular complexity index is 418. The average Bonchev–Trinajstić information content (AvgIpc) is 2.22. The van der Waals surface area contributed by atoms with Gasteiger partial charge in [-0.1, -0.05) is 0 Å². The summed E-state index contributed by atoms with van der Waals surface area (Å²) in [6, 6.07) is 0.0128. The molecule has 1 atom stereocenters. The highest BCUT2D eigenvalue weighted by Crippen LogP contribution is 2.13. The number of rotatable bonds is 4. The summed E-state index contributed by atoms with van der Waals surface area (Å²) in [6.45, 7) is 0. The summed E-state index contributed by atoms with van der Waals surface area (Å²) in [5, 5.41) is 26.0. The summed E-state index contributed by atoms with van der Waals surface area (Å²) in [6.07, 6.45) is -0.519. The number of benzene rings is 1. The number of hydrogen-bond acceptors (Lipinski definition) is 4. The van der Waals surface area contributed by atoms with Gasteiger partial charge in [-0.05, 0) is 17.6 Å². The molecule has 5 N–H and O–H groups in total. The Morgan fingerprint density at radius 2 is 1.82 bits per heavy atom. The van der Waals surface area contributed by atoms with Crippen molar-refractivity contribution in [3.63, 3.8) is 0 Å². The van der Waals surface area contributed by atoms with Gasteiger partial charge in [-0.3, -0.25) is 4.79 Å². The molecule has 0 bridgehead atoms. The van der Waals surface area contributed by atoms with Crippen molar-refractivity contribution in [3.8, 4) is 0 Å².